The summed E-state index contributed by atoms with van der Waals surface area (Å²) in [6.07, 6.45) is 0.923. The number of hydrogen-bond acceptors (Lipinski definition) is 2. The molecule has 0 spiro atoms. The Hall–Kier alpha value is -0.0800. The third-order valence-electron chi connectivity index (χ3n) is 2.45. The molecule has 2 heteroatoms. The number of aliphatic hydroxyl groups is 1. The van der Waals surface area contributed by atoms with Crippen molar-refractivity contribution >= 4 is 0 Å². The van der Waals surface area contributed by atoms with Crippen molar-refractivity contribution in [3.05, 3.63) is 0 Å². The summed E-state index contributed by atoms with van der Waals surface area (Å²) in [6.45, 7) is 4.43. The summed E-state index contributed by atoms with van der Waals surface area (Å²) in [5.74, 6) is 2.00. The van der Waals surface area contributed by atoms with Gasteiger partial charge in [0.25, 0.3) is 0 Å². The van der Waals surface area contributed by atoms with E-state index in [2.05, 4.69) is 19.2 Å². The van der Waals surface area contributed by atoms with Crippen molar-refractivity contribution in [2.24, 2.45) is 17.8 Å². The van der Waals surface area contributed by atoms with E-state index in [0.717, 1.165) is 11.8 Å². The molecule has 2 nitrogen and oxygen atoms in total. The molecule has 0 aromatic rings. The van der Waals surface area contributed by atoms with Crippen LogP contribution in [0.15, 0.2) is 0 Å². The molecule has 1 aliphatic rings. The summed E-state index contributed by atoms with van der Waals surface area (Å²) in [7, 11) is 1.81. The Morgan fingerprint density at radius 1 is 1.40 bits per heavy atom. The molecule has 1 fully saturated rings. The summed E-state index contributed by atoms with van der Waals surface area (Å²) >= 11 is 0. The lowest BCUT2D eigenvalue weighted by Crippen LogP contribution is -2.27. The van der Waals surface area contributed by atoms with Crippen LogP contribution in [-0.4, -0.2) is 18.4 Å². The van der Waals surface area contributed by atoms with E-state index in [1.54, 1.807) is 7.05 Å². The van der Waals surface area contributed by atoms with Gasteiger partial charge in [-0.15, -0.1) is 0 Å². The largest absolute Gasteiger partial charge is 0.378 e. The number of rotatable bonds is 3. The molecule has 1 aliphatic carbocycles. The van der Waals surface area contributed by atoms with Crippen molar-refractivity contribution < 1.29 is 5.11 Å². The highest BCUT2D eigenvalue weighted by molar-refractivity contribution is 4.91. The second-order valence-electron chi connectivity index (χ2n) is 3.54. The van der Waals surface area contributed by atoms with Gasteiger partial charge in [0.15, 0.2) is 0 Å². The van der Waals surface area contributed by atoms with Crippen molar-refractivity contribution in [2.75, 3.05) is 7.05 Å². The zero-order valence-electron chi connectivity index (χ0n) is 6.96. The van der Waals surface area contributed by atoms with Crippen molar-refractivity contribution in [3.8, 4) is 0 Å². The van der Waals surface area contributed by atoms with Gasteiger partial charge in [0.2, 0.25) is 0 Å². The van der Waals surface area contributed by atoms with Gasteiger partial charge in [-0.2, -0.15) is 0 Å². The Morgan fingerprint density at radius 2 is 2.00 bits per heavy atom. The van der Waals surface area contributed by atoms with Gasteiger partial charge in [-0.1, -0.05) is 13.8 Å². The van der Waals surface area contributed by atoms with Crippen LogP contribution in [0.1, 0.15) is 20.3 Å². The average Bonchev–Trinajstić information content (AvgIpc) is 2.64. The van der Waals surface area contributed by atoms with Crippen LogP contribution in [0.3, 0.4) is 0 Å². The SMILES string of the molecule is CNC(O)[C@H]1CC1C(C)C. The third-order valence-corrected chi connectivity index (χ3v) is 2.45. The van der Waals surface area contributed by atoms with E-state index in [4.69, 9.17) is 0 Å². The topological polar surface area (TPSA) is 32.3 Å². The summed E-state index contributed by atoms with van der Waals surface area (Å²) in [4.78, 5) is 0. The number of aliphatic hydroxyl groups excluding tert-OH is 1. The molecule has 10 heavy (non-hydrogen) atoms. The zero-order chi connectivity index (χ0) is 7.72. The molecule has 60 valence electrons. The highest BCUT2D eigenvalue weighted by Crippen LogP contribution is 2.45. The van der Waals surface area contributed by atoms with Gasteiger partial charge in [-0.05, 0) is 25.3 Å². The van der Waals surface area contributed by atoms with Crippen LogP contribution in [0, 0.1) is 17.8 Å². The molecule has 0 aromatic carbocycles. The molecule has 1 rings (SSSR count). The molecule has 0 saturated heterocycles. The van der Waals surface area contributed by atoms with E-state index >= 15 is 0 Å². The van der Waals surface area contributed by atoms with Crippen LogP contribution in [-0.2, 0) is 0 Å². The Morgan fingerprint density at radius 3 is 2.30 bits per heavy atom. The summed E-state index contributed by atoms with van der Waals surface area (Å²) < 4.78 is 0. The molecule has 0 radical (unpaired) electrons. The first-order chi connectivity index (χ1) is 4.66. The van der Waals surface area contributed by atoms with Crippen LogP contribution < -0.4 is 5.32 Å². The summed E-state index contributed by atoms with van der Waals surface area (Å²) in [5.41, 5.74) is 0. The van der Waals surface area contributed by atoms with E-state index < -0.39 is 0 Å². The molecule has 0 bridgehead atoms. The smallest absolute Gasteiger partial charge is 0.107 e. The molecule has 2 N–H and O–H groups in total. The average molecular weight is 143 g/mol. The summed E-state index contributed by atoms with van der Waals surface area (Å²) in [5, 5.41) is 12.2. The molecule has 3 atom stereocenters. The third kappa shape index (κ3) is 1.50. The van der Waals surface area contributed by atoms with E-state index in [1.165, 1.54) is 6.42 Å². The molecule has 0 heterocycles. The molecule has 0 aromatic heterocycles. The normalized spacial score (nSPS) is 34.5. The molecule has 0 amide bonds. The molecular weight excluding hydrogens is 126 g/mol. The first-order valence-electron chi connectivity index (χ1n) is 4.02. The lowest BCUT2D eigenvalue weighted by atomic mass is 10.1. The Balaban J connectivity index is 2.24. The van der Waals surface area contributed by atoms with Gasteiger partial charge in [-0.25, -0.2) is 0 Å². The lowest BCUT2D eigenvalue weighted by molar-refractivity contribution is 0.114. The van der Waals surface area contributed by atoms with Crippen LogP contribution in [0.4, 0.5) is 0 Å². The molecule has 0 aliphatic heterocycles. The van der Waals surface area contributed by atoms with E-state index in [1.807, 2.05) is 0 Å². The second-order valence-corrected chi connectivity index (χ2v) is 3.54. The maximum Gasteiger partial charge on any atom is 0.107 e. The monoisotopic (exact) mass is 143 g/mol. The lowest BCUT2D eigenvalue weighted by Gasteiger charge is -2.09. The fraction of sp³-hybridized carbons (Fsp3) is 1.00. The van der Waals surface area contributed by atoms with Gasteiger partial charge in [0, 0.05) is 5.92 Å². The fourth-order valence-electron chi connectivity index (χ4n) is 1.58. The summed E-state index contributed by atoms with van der Waals surface area (Å²) in [6, 6.07) is 0. The van der Waals surface area contributed by atoms with Crippen LogP contribution in [0.2, 0.25) is 0 Å². The van der Waals surface area contributed by atoms with E-state index in [9.17, 15) is 5.11 Å². The molecule has 2 unspecified atom stereocenters. The van der Waals surface area contributed by atoms with Crippen molar-refractivity contribution in [3.63, 3.8) is 0 Å². The maximum atomic E-state index is 9.31. The first kappa shape index (κ1) is 8.02. The highest BCUT2D eigenvalue weighted by Gasteiger charge is 2.43. The number of hydrogen-bond donors (Lipinski definition) is 2. The van der Waals surface area contributed by atoms with Gasteiger partial charge < -0.3 is 5.11 Å². The number of nitrogens with one attached hydrogen (secondary N) is 1. The highest BCUT2D eigenvalue weighted by atomic mass is 16.3. The Labute approximate surface area is 62.6 Å². The van der Waals surface area contributed by atoms with E-state index in [-0.39, 0.29) is 6.23 Å². The van der Waals surface area contributed by atoms with Gasteiger partial charge in [-0.3, -0.25) is 5.32 Å². The standard InChI is InChI=1S/C8H17NO/c1-5(2)6-4-7(6)8(10)9-3/h5-10H,4H2,1-3H3/t6?,7-,8?/m0/s1. The van der Waals surface area contributed by atoms with Crippen LogP contribution >= 0.6 is 0 Å². The predicted molar refractivity (Wildman–Crippen MR) is 41.5 cm³/mol. The van der Waals surface area contributed by atoms with Gasteiger partial charge in [0.1, 0.15) is 6.23 Å². The zero-order valence-corrected chi connectivity index (χ0v) is 6.96. The Bertz CT molecular complexity index is 114. The molecule has 1 saturated carbocycles. The minimum atomic E-state index is -0.271. The van der Waals surface area contributed by atoms with Gasteiger partial charge in [0.05, 0.1) is 0 Å². The van der Waals surface area contributed by atoms with Crippen molar-refractivity contribution in [2.45, 2.75) is 26.5 Å². The first-order valence-corrected chi connectivity index (χ1v) is 4.02. The minimum Gasteiger partial charge on any atom is -0.378 e. The van der Waals surface area contributed by atoms with E-state index in [0.29, 0.717) is 5.92 Å². The van der Waals surface area contributed by atoms with Crippen LogP contribution in [0.5, 0.6) is 0 Å². The Kier molecular flexibility index (Phi) is 2.32. The quantitative estimate of drug-likeness (QED) is 0.573. The predicted octanol–water partition coefficient (Wildman–Crippen LogP) is 0.816. The van der Waals surface area contributed by atoms with Crippen molar-refractivity contribution in [1.29, 1.82) is 0 Å². The second kappa shape index (κ2) is 2.89. The minimum absolute atomic E-state index is 0.271. The van der Waals surface area contributed by atoms with Crippen LogP contribution in [0.25, 0.3) is 0 Å². The fourth-order valence-corrected chi connectivity index (χ4v) is 1.58. The van der Waals surface area contributed by atoms with Gasteiger partial charge >= 0.3 is 0 Å². The maximum absolute atomic E-state index is 9.31. The van der Waals surface area contributed by atoms with Crippen molar-refractivity contribution in [1.82, 2.24) is 5.32 Å². The molecular formula is C8H17NO.